The Morgan fingerprint density at radius 3 is 2.58 bits per heavy atom. The molecule has 0 aromatic carbocycles. The van der Waals surface area contributed by atoms with Crippen molar-refractivity contribution in [3.05, 3.63) is 35.0 Å². The summed E-state index contributed by atoms with van der Waals surface area (Å²) in [6.45, 7) is 0. The third-order valence-electron chi connectivity index (χ3n) is 2.30. The zero-order valence-corrected chi connectivity index (χ0v) is 9.90. The number of anilines is 1. The summed E-state index contributed by atoms with van der Waals surface area (Å²) in [7, 11) is 0. The molecule has 0 saturated heterocycles. The van der Waals surface area contributed by atoms with E-state index in [4.69, 9.17) is 11.6 Å². The van der Waals surface area contributed by atoms with Crippen molar-refractivity contribution in [2.75, 3.05) is 5.43 Å². The van der Waals surface area contributed by atoms with Gasteiger partial charge in [-0.2, -0.15) is 13.2 Å². The zero-order valence-electron chi connectivity index (χ0n) is 9.15. The Kier molecular flexibility index (Phi) is 3.38. The van der Waals surface area contributed by atoms with Crippen LogP contribution in [-0.2, 0) is 11.0 Å². The molecule has 19 heavy (non-hydrogen) atoms. The van der Waals surface area contributed by atoms with E-state index in [2.05, 4.69) is 10.4 Å². The first-order valence-corrected chi connectivity index (χ1v) is 5.36. The fraction of sp³-hybridized carbons (Fsp3) is 0.200. The van der Waals surface area contributed by atoms with Crippen LogP contribution in [0.5, 0.6) is 0 Å². The maximum absolute atomic E-state index is 12.5. The van der Waals surface area contributed by atoms with E-state index in [1.54, 1.807) is 0 Å². The average Bonchev–Trinajstić information content (AvgIpc) is 2.59. The molecule has 0 radical (unpaired) electrons. The molecule has 2 heterocycles. The van der Waals surface area contributed by atoms with Crippen molar-refractivity contribution in [2.24, 2.45) is 0 Å². The molecule has 0 saturated carbocycles. The number of hydrogen-bond acceptors (Lipinski definition) is 4. The number of hydrogen-bond donors (Lipinski definition) is 2. The lowest BCUT2D eigenvalue weighted by atomic mass is 10.3. The quantitative estimate of drug-likeness (QED) is 0.816. The van der Waals surface area contributed by atoms with E-state index in [1.165, 1.54) is 6.08 Å². The normalized spacial score (nSPS) is 19.1. The average molecular weight is 294 g/mol. The fourth-order valence-corrected chi connectivity index (χ4v) is 1.68. The van der Waals surface area contributed by atoms with Gasteiger partial charge in [-0.1, -0.05) is 11.6 Å². The molecule has 1 unspecified atom stereocenters. The Hall–Kier alpha value is -1.80. The SMILES string of the molecule is O=C1C=CC(O)N1Nc1ccc(C(F)(F)F)c(Cl)n1. The van der Waals surface area contributed by atoms with Crippen LogP contribution in [0, 0.1) is 0 Å². The minimum atomic E-state index is -4.60. The number of carbonyl (C=O) groups excluding carboxylic acids is 1. The van der Waals surface area contributed by atoms with E-state index in [0.717, 1.165) is 23.2 Å². The monoisotopic (exact) mass is 293 g/mol. The molecule has 1 aliphatic heterocycles. The summed E-state index contributed by atoms with van der Waals surface area (Å²) in [5.74, 6) is -0.639. The second kappa shape index (κ2) is 4.71. The number of aliphatic hydroxyl groups excluding tert-OH is 1. The van der Waals surface area contributed by atoms with Crippen molar-refractivity contribution >= 4 is 23.3 Å². The molecule has 1 aliphatic rings. The molecule has 5 nitrogen and oxygen atoms in total. The highest BCUT2D eigenvalue weighted by molar-refractivity contribution is 6.30. The summed E-state index contributed by atoms with van der Waals surface area (Å²) < 4.78 is 37.4. The van der Waals surface area contributed by atoms with Crippen LogP contribution < -0.4 is 5.43 Å². The number of pyridine rings is 1. The van der Waals surface area contributed by atoms with E-state index >= 15 is 0 Å². The van der Waals surface area contributed by atoms with Crippen LogP contribution >= 0.6 is 11.6 Å². The highest BCUT2D eigenvalue weighted by atomic mass is 35.5. The second-order valence-corrected chi connectivity index (χ2v) is 3.98. The lowest BCUT2D eigenvalue weighted by molar-refractivity contribution is -0.137. The number of aromatic nitrogens is 1. The van der Waals surface area contributed by atoms with E-state index in [-0.39, 0.29) is 5.82 Å². The molecule has 1 atom stereocenters. The number of hydrazine groups is 1. The molecule has 0 bridgehead atoms. The van der Waals surface area contributed by atoms with Gasteiger partial charge < -0.3 is 5.11 Å². The molecule has 0 spiro atoms. The minimum absolute atomic E-state index is 0.0888. The van der Waals surface area contributed by atoms with Crippen molar-refractivity contribution in [1.82, 2.24) is 9.99 Å². The van der Waals surface area contributed by atoms with Crippen LogP contribution in [0.25, 0.3) is 0 Å². The number of alkyl halides is 3. The lowest BCUT2D eigenvalue weighted by Crippen LogP contribution is -2.38. The van der Waals surface area contributed by atoms with Gasteiger partial charge in [0.1, 0.15) is 11.0 Å². The zero-order chi connectivity index (χ0) is 14.2. The van der Waals surface area contributed by atoms with Crippen molar-refractivity contribution in [3.8, 4) is 0 Å². The Labute approximate surface area is 110 Å². The van der Waals surface area contributed by atoms with E-state index < -0.39 is 29.0 Å². The topological polar surface area (TPSA) is 65.5 Å². The van der Waals surface area contributed by atoms with Gasteiger partial charge in [-0.15, -0.1) is 0 Å². The van der Waals surface area contributed by atoms with Gasteiger partial charge in [-0.25, -0.2) is 9.99 Å². The molecule has 1 amide bonds. The summed E-state index contributed by atoms with van der Waals surface area (Å²) >= 11 is 5.42. The second-order valence-electron chi connectivity index (χ2n) is 3.63. The summed E-state index contributed by atoms with van der Waals surface area (Å²) in [6, 6.07) is 1.74. The Bertz CT molecular complexity index is 547. The van der Waals surface area contributed by atoms with Crippen LogP contribution in [0.2, 0.25) is 5.15 Å². The van der Waals surface area contributed by atoms with Gasteiger partial charge in [-0.3, -0.25) is 10.2 Å². The summed E-state index contributed by atoms with van der Waals surface area (Å²) in [5, 5.41) is 9.44. The van der Waals surface area contributed by atoms with Crippen LogP contribution in [0.15, 0.2) is 24.3 Å². The van der Waals surface area contributed by atoms with Crippen molar-refractivity contribution in [2.45, 2.75) is 12.4 Å². The summed E-state index contributed by atoms with van der Waals surface area (Å²) in [5.41, 5.74) is 1.29. The molecule has 2 rings (SSSR count). The van der Waals surface area contributed by atoms with Gasteiger partial charge in [0.25, 0.3) is 5.91 Å². The standard InChI is InChI=1S/C10H7ClF3N3O2/c11-9-5(10(12,13)14)1-2-6(15-9)16-17-7(18)3-4-8(17)19/h1-4,7,18H,(H,15,16). The Balaban J connectivity index is 2.20. The number of amides is 1. The third-order valence-corrected chi connectivity index (χ3v) is 2.59. The molecule has 1 aromatic rings. The molecular formula is C10H7ClF3N3O2. The van der Waals surface area contributed by atoms with Gasteiger partial charge in [0.05, 0.1) is 5.56 Å². The first-order chi connectivity index (χ1) is 8.79. The van der Waals surface area contributed by atoms with Gasteiger partial charge >= 0.3 is 6.18 Å². The van der Waals surface area contributed by atoms with Crippen LogP contribution in [0.4, 0.5) is 19.0 Å². The van der Waals surface area contributed by atoms with Crippen LogP contribution in [-0.4, -0.2) is 27.2 Å². The maximum Gasteiger partial charge on any atom is 0.419 e. The minimum Gasteiger partial charge on any atom is -0.368 e. The molecule has 2 N–H and O–H groups in total. The number of carbonyl (C=O) groups is 1. The number of aliphatic hydroxyl groups is 1. The first-order valence-electron chi connectivity index (χ1n) is 4.99. The molecule has 102 valence electrons. The highest BCUT2D eigenvalue weighted by Crippen LogP contribution is 2.34. The van der Waals surface area contributed by atoms with Gasteiger partial charge in [0.2, 0.25) is 0 Å². The van der Waals surface area contributed by atoms with Crippen molar-refractivity contribution < 1.29 is 23.1 Å². The van der Waals surface area contributed by atoms with Gasteiger partial charge in [0.15, 0.2) is 6.23 Å². The maximum atomic E-state index is 12.5. The predicted molar refractivity (Wildman–Crippen MR) is 59.9 cm³/mol. The van der Waals surface area contributed by atoms with E-state index in [1.807, 2.05) is 0 Å². The largest absolute Gasteiger partial charge is 0.419 e. The van der Waals surface area contributed by atoms with Gasteiger partial charge in [-0.05, 0) is 18.2 Å². The number of halogens is 4. The fourth-order valence-electron chi connectivity index (χ4n) is 1.42. The molecule has 9 heteroatoms. The Morgan fingerprint density at radius 2 is 2.11 bits per heavy atom. The molecule has 0 fully saturated rings. The number of rotatable bonds is 2. The Morgan fingerprint density at radius 1 is 1.42 bits per heavy atom. The van der Waals surface area contributed by atoms with Crippen molar-refractivity contribution in [1.29, 1.82) is 0 Å². The molecule has 1 aromatic heterocycles. The van der Waals surface area contributed by atoms with Gasteiger partial charge in [0, 0.05) is 6.08 Å². The number of nitrogens with zero attached hydrogens (tertiary/aromatic N) is 2. The van der Waals surface area contributed by atoms with E-state index in [0.29, 0.717) is 0 Å². The number of nitrogens with one attached hydrogen (secondary N) is 1. The third kappa shape index (κ3) is 2.79. The molecular weight excluding hydrogens is 287 g/mol. The van der Waals surface area contributed by atoms with Crippen LogP contribution in [0.3, 0.4) is 0 Å². The first kappa shape index (κ1) is 13.6. The lowest BCUT2D eigenvalue weighted by Gasteiger charge is -2.22. The van der Waals surface area contributed by atoms with Crippen molar-refractivity contribution in [3.63, 3.8) is 0 Å². The molecule has 0 aliphatic carbocycles. The van der Waals surface area contributed by atoms with E-state index in [9.17, 15) is 23.1 Å². The summed E-state index contributed by atoms with van der Waals surface area (Å²) in [6.07, 6.45) is -3.49. The van der Waals surface area contributed by atoms with Crippen LogP contribution in [0.1, 0.15) is 5.56 Å². The summed E-state index contributed by atoms with van der Waals surface area (Å²) in [4.78, 5) is 14.7. The predicted octanol–water partition coefficient (Wildman–Crippen LogP) is 1.80. The smallest absolute Gasteiger partial charge is 0.368 e. The highest BCUT2D eigenvalue weighted by Gasteiger charge is 2.34.